The van der Waals surface area contributed by atoms with Crippen molar-refractivity contribution in [1.29, 1.82) is 0 Å². The van der Waals surface area contributed by atoms with Gasteiger partial charge in [-0.1, -0.05) is 41.5 Å². The summed E-state index contributed by atoms with van der Waals surface area (Å²) in [5, 5.41) is 0. The van der Waals surface area contributed by atoms with Gasteiger partial charge in [0, 0.05) is 0 Å². The van der Waals surface area contributed by atoms with Crippen LogP contribution < -0.4 is 52.8 Å². The second-order valence-electron chi connectivity index (χ2n) is 48.0. The van der Waals surface area contributed by atoms with Crippen LogP contribution in [0, 0.1) is 0 Å². The van der Waals surface area contributed by atoms with Gasteiger partial charge in [0.2, 0.25) is 0 Å². The fraction of sp³-hybridized carbons (Fsp3) is 0.255. The second-order valence-corrected chi connectivity index (χ2v) is 68.9. The Kier molecular flexibility index (Phi) is 27.9. The SMILES string of the molecule is CCC1(CC)c2c[c]([Ge]([c]3ccccc3)[c]3ccccc3)ccc2-c2cc[c]([Ge]([c]3ccccc3)[c]3ccccc3)cc21.CCC1(CC)c2cc(-c3cc(C(C)(C)C)cc4c3-c3ccc(C(C)(C)C)cc3C4(C)C)ccc2-c2cc[c]([Ge]([c]3ccccc3)[c]3ccccc3)cc21.CCC1(CC)c2cc(-c3cc(C(C)(C)C)cc4c3-c3ccc(C(C)(C)C)cc3C4(C)C)ccc2-c2cc[c]([Ge]([c]3ccccc3)[c]3ccccc3)cc21. The first kappa shape index (κ1) is 103. The molecule has 0 heterocycles. The molecular weight excluding hydrogens is 2030 g/mol. The first-order valence-electron chi connectivity index (χ1n) is 55.1. The molecule has 742 valence electrons. The van der Waals surface area contributed by atoms with Crippen LogP contribution in [0.4, 0.5) is 0 Å². The van der Waals surface area contributed by atoms with Crippen molar-refractivity contribution in [1.82, 2.24) is 0 Å². The minimum absolute atomic E-state index is 0.0307. The molecule has 0 N–H and O–H groups in total. The van der Waals surface area contributed by atoms with E-state index in [0.717, 1.165) is 38.5 Å². The van der Waals surface area contributed by atoms with E-state index in [-0.39, 0.29) is 48.7 Å². The van der Waals surface area contributed by atoms with Crippen molar-refractivity contribution in [2.75, 3.05) is 0 Å². The van der Waals surface area contributed by atoms with Crippen molar-refractivity contribution < 1.29 is 0 Å². The molecule has 149 heavy (non-hydrogen) atoms. The summed E-state index contributed by atoms with van der Waals surface area (Å²) in [6.07, 6.45) is 6.52. The van der Waals surface area contributed by atoms with E-state index < -0.39 is 57.4 Å². The van der Waals surface area contributed by atoms with Crippen LogP contribution in [-0.4, -0.2) is 57.4 Å². The van der Waals surface area contributed by atoms with E-state index in [1.807, 2.05) is 0 Å². The molecule has 0 fully saturated rings. The molecule has 0 saturated carbocycles. The van der Waals surface area contributed by atoms with E-state index in [9.17, 15) is 0 Å². The van der Waals surface area contributed by atoms with Crippen LogP contribution >= 0.6 is 0 Å². The molecule has 0 saturated heterocycles. The molecule has 18 aromatic rings. The molecule has 0 nitrogen and oxygen atoms in total. The third kappa shape index (κ3) is 18.3. The monoisotopic (exact) mass is 2180 g/mol. The zero-order chi connectivity index (χ0) is 104. The Balaban J connectivity index is 0.000000132. The molecule has 0 amide bonds. The van der Waals surface area contributed by atoms with E-state index >= 15 is 0 Å². The predicted octanol–water partition coefficient (Wildman–Crippen LogP) is 29.5. The Bertz CT molecular complexity index is 7380. The summed E-state index contributed by atoms with van der Waals surface area (Å²) in [7, 11) is 0. The van der Waals surface area contributed by atoms with E-state index in [2.05, 4.69) is 565 Å². The van der Waals surface area contributed by atoms with Gasteiger partial charge in [0.15, 0.2) is 0 Å². The average molecular weight is 2180 g/mol. The molecule has 0 spiro atoms. The number of benzene rings is 18. The van der Waals surface area contributed by atoms with Gasteiger partial charge in [-0.3, -0.25) is 0 Å². The molecule has 0 aliphatic heterocycles. The summed E-state index contributed by atoms with van der Waals surface area (Å²) in [5.41, 5.74) is 40.4. The van der Waals surface area contributed by atoms with E-state index in [0.29, 0.717) is 0 Å². The Morgan fingerprint density at radius 1 is 0.161 bits per heavy atom. The minimum atomic E-state index is -2.04. The van der Waals surface area contributed by atoms with Crippen LogP contribution in [-0.2, 0) is 48.7 Å². The fourth-order valence-corrected chi connectivity index (χ4v) is 48.0. The Hall–Kier alpha value is -11.9. The van der Waals surface area contributed by atoms with Gasteiger partial charge >= 0.3 is 855 Å². The summed E-state index contributed by atoms with van der Waals surface area (Å²) in [6.45, 7) is 52.4. The van der Waals surface area contributed by atoms with Crippen molar-refractivity contribution in [2.45, 2.75) is 240 Å². The normalized spacial score (nSPS) is 14.6. The summed E-state index contributed by atoms with van der Waals surface area (Å²) in [4.78, 5) is 0. The zero-order valence-corrected chi connectivity index (χ0v) is 100. The number of hydrogen-bond acceptors (Lipinski definition) is 0. The van der Waals surface area contributed by atoms with Gasteiger partial charge in [-0.05, 0) is 22.0 Å². The fourth-order valence-electron chi connectivity index (χ4n) is 26.3. The summed E-state index contributed by atoms with van der Waals surface area (Å²) in [6, 6.07) is 160. The molecule has 4 radical (unpaired) electrons. The molecule has 23 rings (SSSR count). The standard InChI is InChI=1S/2C52H55Ge.C41H36Ge2/c2*1-11-52(12-2)45-29-34(43-30-36(50(6,7)8)32-47-48(43)42-27-24-35(49(3,4)5)31-44(42)51(47,9)10)23-26-40(45)41-28-25-39(33-46(41)52)53(37-19-15-13-16-20-37)38-21-17-14-18-22-38;1-3-41(4-2)39-29-35(42(31-17-9-5-10-18-31)32-19-11-6-12-20-32)25-27-37(39)38-28-26-36(30-40(38)41)43(33-21-13-7-14-22-33)34-23-15-8-16-24-34/h2*13-33H,11-12H2,1-10H3;5-30H,3-4H2,1-2H3. The van der Waals surface area contributed by atoms with Gasteiger partial charge in [0.25, 0.3) is 0 Å². The van der Waals surface area contributed by atoms with E-state index in [1.165, 1.54) is 197 Å². The van der Waals surface area contributed by atoms with Crippen LogP contribution in [0.3, 0.4) is 0 Å². The molecule has 0 atom stereocenters. The first-order chi connectivity index (χ1) is 71.6. The molecule has 0 unspecified atom stereocenters. The van der Waals surface area contributed by atoms with Gasteiger partial charge in [-0.2, -0.15) is 0 Å². The first-order valence-corrected chi connectivity index (χ1v) is 67.7. The molecule has 18 aromatic carbocycles. The van der Waals surface area contributed by atoms with Crippen LogP contribution in [0.1, 0.15) is 269 Å². The van der Waals surface area contributed by atoms with Crippen LogP contribution in [0.2, 0.25) is 0 Å². The van der Waals surface area contributed by atoms with Crippen LogP contribution in [0.25, 0.3) is 77.9 Å². The van der Waals surface area contributed by atoms with Gasteiger partial charge in [-0.15, -0.1) is 0 Å². The molecule has 5 aliphatic carbocycles. The second kappa shape index (κ2) is 40.4. The van der Waals surface area contributed by atoms with Crippen molar-refractivity contribution >= 4 is 110 Å². The number of fused-ring (bicyclic) bond motifs is 15. The number of rotatable bonds is 20. The quantitative estimate of drug-likeness (QED) is 0.0667. The summed E-state index contributed by atoms with van der Waals surface area (Å²) < 4.78 is 18.2. The van der Waals surface area contributed by atoms with Crippen LogP contribution in [0.5, 0.6) is 0 Å². The topological polar surface area (TPSA) is 0 Å². The van der Waals surface area contributed by atoms with Crippen molar-refractivity contribution in [2.24, 2.45) is 0 Å². The van der Waals surface area contributed by atoms with E-state index in [4.69, 9.17) is 0 Å². The van der Waals surface area contributed by atoms with Gasteiger partial charge in [-0.25, -0.2) is 0 Å². The van der Waals surface area contributed by atoms with Crippen LogP contribution in [0.15, 0.2) is 413 Å². The number of hydrogen-bond donors (Lipinski definition) is 0. The molecule has 4 heteroatoms. The Morgan fingerprint density at radius 2 is 0.349 bits per heavy atom. The third-order valence-corrected chi connectivity index (χ3v) is 57.7. The third-order valence-electron chi connectivity index (χ3n) is 35.0. The average Bonchev–Trinajstić information content (AvgIpc) is 1.54. The molecule has 0 aromatic heterocycles. The van der Waals surface area contributed by atoms with Gasteiger partial charge in [0.05, 0.1) is 0 Å². The molecular formula is C145H146Ge4. The van der Waals surface area contributed by atoms with Gasteiger partial charge in [0.1, 0.15) is 0 Å². The van der Waals surface area contributed by atoms with E-state index in [1.54, 1.807) is 11.1 Å². The zero-order valence-electron chi connectivity index (χ0n) is 92.0. The van der Waals surface area contributed by atoms with Crippen molar-refractivity contribution in [3.05, 3.63) is 490 Å². The maximum absolute atomic E-state index is 2.64. The summed E-state index contributed by atoms with van der Waals surface area (Å²) in [5.74, 6) is 0. The Morgan fingerprint density at radius 3 is 0.550 bits per heavy atom. The van der Waals surface area contributed by atoms with Crippen molar-refractivity contribution in [3.63, 3.8) is 0 Å². The summed E-state index contributed by atoms with van der Waals surface area (Å²) >= 11 is -8.05. The van der Waals surface area contributed by atoms with Crippen molar-refractivity contribution in [3.8, 4) is 77.9 Å². The predicted molar refractivity (Wildman–Crippen MR) is 651 cm³/mol. The van der Waals surface area contributed by atoms with Gasteiger partial charge < -0.3 is 0 Å². The molecule has 0 bridgehead atoms. The maximum atomic E-state index is 2.64. The molecule has 5 aliphatic rings. The Labute approximate surface area is 909 Å².